The van der Waals surface area contributed by atoms with Crippen LogP contribution in [-0.2, 0) is 12.8 Å². The minimum atomic E-state index is -0.469. The van der Waals surface area contributed by atoms with Gasteiger partial charge in [-0.25, -0.2) is 9.97 Å². The van der Waals surface area contributed by atoms with Crippen molar-refractivity contribution >= 4 is 17.0 Å². The highest BCUT2D eigenvalue weighted by Gasteiger charge is 2.13. The standard InChI is InChI=1S/C14H15N5S/c15-7-9(16)6-10-8-18-14(20-10)13-4-3-11-12(19-13)2-1-5-17-11/h3-4,8-9,17H,1-2,5-6,16H2. The lowest BCUT2D eigenvalue weighted by molar-refractivity contribution is 0.803. The Morgan fingerprint density at radius 1 is 1.50 bits per heavy atom. The summed E-state index contributed by atoms with van der Waals surface area (Å²) in [5.41, 5.74) is 8.77. The Balaban J connectivity index is 1.84. The third-order valence-corrected chi connectivity index (χ3v) is 4.28. The van der Waals surface area contributed by atoms with Crippen LogP contribution in [0.3, 0.4) is 0 Å². The van der Waals surface area contributed by atoms with Crippen molar-refractivity contribution in [3.63, 3.8) is 0 Å². The number of aryl methyl sites for hydroxylation is 1. The van der Waals surface area contributed by atoms with E-state index >= 15 is 0 Å². The van der Waals surface area contributed by atoms with Gasteiger partial charge in [-0.2, -0.15) is 5.26 Å². The summed E-state index contributed by atoms with van der Waals surface area (Å²) in [5.74, 6) is 0. The van der Waals surface area contributed by atoms with Gasteiger partial charge in [0, 0.05) is 24.0 Å². The van der Waals surface area contributed by atoms with Gasteiger partial charge in [-0.15, -0.1) is 11.3 Å². The van der Waals surface area contributed by atoms with E-state index in [2.05, 4.69) is 21.4 Å². The van der Waals surface area contributed by atoms with Gasteiger partial charge >= 0.3 is 0 Å². The molecule has 0 saturated heterocycles. The molecule has 0 fully saturated rings. The molecule has 0 saturated carbocycles. The molecule has 3 N–H and O–H groups in total. The Morgan fingerprint density at radius 2 is 2.40 bits per heavy atom. The zero-order chi connectivity index (χ0) is 13.9. The summed E-state index contributed by atoms with van der Waals surface area (Å²) < 4.78 is 0. The van der Waals surface area contributed by atoms with Gasteiger partial charge in [0.25, 0.3) is 0 Å². The molecule has 1 aliphatic rings. The van der Waals surface area contributed by atoms with Crippen LogP contribution >= 0.6 is 11.3 Å². The SMILES string of the molecule is N#CC(N)Cc1cnc(-c2ccc3c(n2)CCCN3)s1. The zero-order valence-corrected chi connectivity index (χ0v) is 11.8. The third-order valence-electron chi connectivity index (χ3n) is 3.24. The number of aromatic nitrogens is 2. The van der Waals surface area contributed by atoms with Gasteiger partial charge in [-0.05, 0) is 25.0 Å². The molecule has 1 atom stereocenters. The second kappa shape index (κ2) is 5.57. The monoisotopic (exact) mass is 285 g/mol. The van der Waals surface area contributed by atoms with E-state index in [1.54, 1.807) is 17.5 Å². The largest absolute Gasteiger partial charge is 0.384 e. The van der Waals surface area contributed by atoms with E-state index in [1.165, 1.54) is 0 Å². The number of nitrogens with two attached hydrogens (primary N) is 1. The topological polar surface area (TPSA) is 87.6 Å². The van der Waals surface area contributed by atoms with Gasteiger partial charge in [0.2, 0.25) is 0 Å². The summed E-state index contributed by atoms with van der Waals surface area (Å²) >= 11 is 1.56. The first-order valence-electron chi connectivity index (χ1n) is 6.60. The van der Waals surface area contributed by atoms with E-state index in [9.17, 15) is 0 Å². The van der Waals surface area contributed by atoms with Crippen molar-refractivity contribution in [3.05, 3.63) is 28.9 Å². The van der Waals surface area contributed by atoms with Crippen LogP contribution in [0.2, 0.25) is 0 Å². The van der Waals surface area contributed by atoms with Gasteiger partial charge in [0.1, 0.15) is 5.01 Å². The third kappa shape index (κ3) is 2.64. The number of thiazole rings is 1. The molecule has 0 amide bonds. The summed E-state index contributed by atoms with van der Waals surface area (Å²) in [6, 6.07) is 5.63. The van der Waals surface area contributed by atoms with E-state index in [4.69, 9.17) is 11.0 Å². The molecule has 2 aromatic rings. The molecule has 3 rings (SSSR count). The molecule has 0 aromatic carbocycles. The van der Waals surface area contributed by atoms with Crippen molar-refractivity contribution in [1.29, 1.82) is 5.26 Å². The molecule has 1 unspecified atom stereocenters. The van der Waals surface area contributed by atoms with Crippen molar-refractivity contribution < 1.29 is 0 Å². The first kappa shape index (κ1) is 13.0. The van der Waals surface area contributed by atoms with Crippen LogP contribution in [0.25, 0.3) is 10.7 Å². The first-order chi connectivity index (χ1) is 9.76. The maximum atomic E-state index is 8.74. The van der Waals surface area contributed by atoms with E-state index in [0.717, 1.165) is 46.3 Å². The Kier molecular flexibility index (Phi) is 3.63. The second-order valence-electron chi connectivity index (χ2n) is 4.79. The van der Waals surface area contributed by atoms with Gasteiger partial charge in [0.15, 0.2) is 0 Å². The van der Waals surface area contributed by atoms with Crippen LogP contribution in [0.4, 0.5) is 5.69 Å². The number of nitriles is 1. The minimum absolute atomic E-state index is 0.469. The number of nitrogens with one attached hydrogen (secondary N) is 1. The fraction of sp³-hybridized carbons (Fsp3) is 0.357. The molecular formula is C14H15N5S. The first-order valence-corrected chi connectivity index (χ1v) is 7.42. The van der Waals surface area contributed by atoms with Crippen LogP contribution in [0.5, 0.6) is 0 Å². The molecule has 2 aromatic heterocycles. The average Bonchev–Trinajstić information content (AvgIpc) is 2.95. The summed E-state index contributed by atoms with van der Waals surface area (Å²) in [4.78, 5) is 10.1. The lowest BCUT2D eigenvalue weighted by atomic mass is 10.1. The van der Waals surface area contributed by atoms with E-state index < -0.39 is 6.04 Å². The van der Waals surface area contributed by atoms with Gasteiger partial charge in [-0.3, -0.25) is 0 Å². The molecule has 0 spiro atoms. The van der Waals surface area contributed by atoms with E-state index in [-0.39, 0.29) is 0 Å². The molecule has 102 valence electrons. The maximum Gasteiger partial charge on any atom is 0.142 e. The number of nitrogens with zero attached hydrogens (tertiary/aromatic N) is 3. The molecule has 3 heterocycles. The van der Waals surface area contributed by atoms with Gasteiger partial charge in [0.05, 0.1) is 29.2 Å². The Bertz CT molecular complexity index is 658. The highest BCUT2D eigenvalue weighted by Crippen LogP contribution is 2.28. The minimum Gasteiger partial charge on any atom is -0.384 e. The predicted octanol–water partition coefficient (Wildman–Crippen LogP) is 1.96. The van der Waals surface area contributed by atoms with Crippen molar-refractivity contribution in [2.45, 2.75) is 25.3 Å². The van der Waals surface area contributed by atoms with Crippen LogP contribution in [-0.4, -0.2) is 22.6 Å². The number of hydrogen-bond acceptors (Lipinski definition) is 6. The summed E-state index contributed by atoms with van der Waals surface area (Å²) in [6.07, 6.45) is 4.45. The number of anilines is 1. The molecule has 1 aliphatic heterocycles. The predicted molar refractivity (Wildman–Crippen MR) is 79.4 cm³/mol. The maximum absolute atomic E-state index is 8.74. The summed E-state index contributed by atoms with van der Waals surface area (Å²) in [7, 11) is 0. The molecule has 0 radical (unpaired) electrons. The molecule has 0 aliphatic carbocycles. The molecule has 20 heavy (non-hydrogen) atoms. The van der Waals surface area contributed by atoms with Crippen LogP contribution in [0.15, 0.2) is 18.3 Å². The molecular weight excluding hydrogens is 270 g/mol. The molecule has 5 nitrogen and oxygen atoms in total. The summed E-state index contributed by atoms with van der Waals surface area (Å²) in [5, 5.41) is 13.0. The Labute approximate surface area is 121 Å². The van der Waals surface area contributed by atoms with Crippen LogP contribution < -0.4 is 11.1 Å². The Morgan fingerprint density at radius 3 is 3.25 bits per heavy atom. The lowest BCUT2D eigenvalue weighted by Gasteiger charge is -2.17. The second-order valence-corrected chi connectivity index (χ2v) is 5.91. The van der Waals surface area contributed by atoms with Gasteiger partial charge < -0.3 is 11.1 Å². The van der Waals surface area contributed by atoms with Crippen LogP contribution in [0, 0.1) is 11.3 Å². The fourth-order valence-corrected chi connectivity index (χ4v) is 3.17. The highest BCUT2D eigenvalue weighted by molar-refractivity contribution is 7.15. The highest BCUT2D eigenvalue weighted by atomic mass is 32.1. The quantitative estimate of drug-likeness (QED) is 0.900. The Hall–Kier alpha value is -1.97. The van der Waals surface area contributed by atoms with Gasteiger partial charge in [-0.1, -0.05) is 0 Å². The molecule has 6 heteroatoms. The number of rotatable bonds is 3. The summed E-state index contributed by atoms with van der Waals surface area (Å²) in [6.45, 7) is 1.02. The smallest absolute Gasteiger partial charge is 0.142 e. The number of hydrogen-bond donors (Lipinski definition) is 2. The lowest BCUT2D eigenvalue weighted by Crippen LogP contribution is -2.19. The van der Waals surface area contributed by atoms with Crippen LogP contribution in [0.1, 0.15) is 17.0 Å². The van der Waals surface area contributed by atoms with Crippen molar-refractivity contribution in [1.82, 2.24) is 9.97 Å². The molecule has 0 bridgehead atoms. The van der Waals surface area contributed by atoms with Crippen molar-refractivity contribution in [2.24, 2.45) is 5.73 Å². The van der Waals surface area contributed by atoms with E-state index in [0.29, 0.717) is 6.42 Å². The number of fused-ring (bicyclic) bond motifs is 1. The number of pyridine rings is 1. The fourth-order valence-electron chi connectivity index (χ4n) is 2.23. The van der Waals surface area contributed by atoms with Crippen molar-refractivity contribution in [3.8, 4) is 16.8 Å². The van der Waals surface area contributed by atoms with Crippen molar-refractivity contribution in [2.75, 3.05) is 11.9 Å². The average molecular weight is 285 g/mol. The van der Waals surface area contributed by atoms with E-state index in [1.807, 2.05) is 12.1 Å². The normalized spacial score (nSPS) is 15.0. The zero-order valence-electron chi connectivity index (χ0n) is 11.0.